The summed E-state index contributed by atoms with van der Waals surface area (Å²) in [5.41, 5.74) is 8.91. The summed E-state index contributed by atoms with van der Waals surface area (Å²) in [5.74, 6) is -0.369. The quantitative estimate of drug-likeness (QED) is 0.316. The number of rotatable bonds is 8. The first-order valence-electron chi connectivity index (χ1n) is 11.2. The molecule has 0 aliphatic heterocycles. The van der Waals surface area contributed by atoms with Crippen molar-refractivity contribution >= 4 is 26.8 Å². The third-order valence-electron chi connectivity index (χ3n) is 5.92. The molecule has 34 heavy (non-hydrogen) atoms. The number of nitrogens with zero attached hydrogens (tertiary/aromatic N) is 2. The number of fused-ring (bicyclic) bond motifs is 1. The molecule has 5 nitrogen and oxygen atoms in total. The van der Waals surface area contributed by atoms with E-state index in [9.17, 15) is 13.6 Å². The van der Waals surface area contributed by atoms with Crippen molar-refractivity contribution in [1.82, 2.24) is 15.0 Å². The van der Waals surface area contributed by atoms with E-state index >= 15 is 0 Å². The SMILES string of the molecule is CCC(CCN)Cc1cc(Br)cc2c(=O)[nH]c(Cc3ccc(-c4cc(F)cc(F)c4)nc3)nc12. The molecule has 3 N–H and O–H groups in total. The molecule has 0 aliphatic rings. The van der Waals surface area contributed by atoms with Gasteiger partial charge in [0.15, 0.2) is 0 Å². The fraction of sp³-hybridized carbons (Fsp3) is 0.269. The first-order valence-corrected chi connectivity index (χ1v) is 12.0. The maximum absolute atomic E-state index is 13.5. The predicted molar refractivity (Wildman–Crippen MR) is 134 cm³/mol. The molecule has 0 amide bonds. The molecule has 8 heteroatoms. The van der Waals surface area contributed by atoms with Gasteiger partial charge in [-0.3, -0.25) is 9.78 Å². The molecule has 2 aromatic heterocycles. The van der Waals surface area contributed by atoms with Crippen LogP contribution in [-0.2, 0) is 12.8 Å². The lowest BCUT2D eigenvalue weighted by molar-refractivity contribution is 0.476. The topological polar surface area (TPSA) is 84.7 Å². The van der Waals surface area contributed by atoms with Gasteiger partial charge in [-0.25, -0.2) is 13.8 Å². The van der Waals surface area contributed by atoms with Gasteiger partial charge in [0.2, 0.25) is 0 Å². The molecule has 176 valence electrons. The maximum Gasteiger partial charge on any atom is 0.258 e. The minimum Gasteiger partial charge on any atom is -0.330 e. The van der Waals surface area contributed by atoms with Crippen LogP contribution < -0.4 is 11.3 Å². The third-order valence-corrected chi connectivity index (χ3v) is 6.38. The number of hydrogen-bond donors (Lipinski definition) is 2. The average molecular weight is 527 g/mol. The van der Waals surface area contributed by atoms with Crippen LogP contribution in [0, 0.1) is 17.6 Å². The molecule has 0 saturated heterocycles. The van der Waals surface area contributed by atoms with E-state index in [1.165, 1.54) is 12.1 Å². The van der Waals surface area contributed by atoms with E-state index in [1.807, 2.05) is 12.1 Å². The number of hydrogen-bond acceptors (Lipinski definition) is 4. The molecular formula is C26H25BrF2N4O. The van der Waals surface area contributed by atoms with Crippen molar-refractivity contribution in [3.8, 4) is 11.3 Å². The highest BCUT2D eigenvalue weighted by Gasteiger charge is 2.15. The Kier molecular flexibility index (Phi) is 7.48. The zero-order valence-electron chi connectivity index (χ0n) is 18.7. The van der Waals surface area contributed by atoms with Crippen LogP contribution in [0.2, 0.25) is 0 Å². The van der Waals surface area contributed by atoms with Crippen molar-refractivity contribution in [2.75, 3.05) is 6.54 Å². The number of aromatic nitrogens is 3. The molecule has 4 aromatic rings. The van der Waals surface area contributed by atoms with Gasteiger partial charge in [-0.1, -0.05) is 35.3 Å². The van der Waals surface area contributed by atoms with Gasteiger partial charge in [0.25, 0.3) is 5.56 Å². The molecule has 0 spiro atoms. The second-order valence-electron chi connectivity index (χ2n) is 8.42. The molecule has 2 heterocycles. The Labute approximate surface area is 204 Å². The number of nitrogens with one attached hydrogen (secondary N) is 1. The Morgan fingerprint density at radius 2 is 1.88 bits per heavy atom. The summed E-state index contributed by atoms with van der Waals surface area (Å²) in [6, 6.07) is 10.6. The lowest BCUT2D eigenvalue weighted by Crippen LogP contribution is -2.15. The first kappa shape index (κ1) is 24.2. The zero-order chi connectivity index (χ0) is 24.2. The zero-order valence-corrected chi connectivity index (χ0v) is 20.3. The number of nitrogens with two attached hydrogens (primary N) is 1. The third kappa shape index (κ3) is 5.56. The molecule has 0 bridgehead atoms. The van der Waals surface area contributed by atoms with Crippen molar-refractivity contribution in [2.24, 2.45) is 11.7 Å². The van der Waals surface area contributed by atoms with Crippen LogP contribution in [0.25, 0.3) is 22.2 Å². The van der Waals surface area contributed by atoms with Gasteiger partial charge in [0.05, 0.1) is 16.6 Å². The smallest absolute Gasteiger partial charge is 0.258 e. The van der Waals surface area contributed by atoms with Crippen molar-refractivity contribution in [1.29, 1.82) is 0 Å². The summed E-state index contributed by atoms with van der Waals surface area (Å²) in [7, 11) is 0. The van der Waals surface area contributed by atoms with Gasteiger partial charge in [0, 0.05) is 28.7 Å². The van der Waals surface area contributed by atoms with Crippen molar-refractivity contribution in [3.05, 3.63) is 92.1 Å². The van der Waals surface area contributed by atoms with Crippen molar-refractivity contribution < 1.29 is 8.78 Å². The van der Waals surface area contributed by atoms with Crippen LogP contribution in [0.15, 0.2) is 57.9 Å². The fourth-order valence-electron chi connectivity index (χ4n) is 4.15. The molecule has 0 radical (unpaired) electrons. The number of benzene rings is 2. The Morgan fingerprint density at radius 1 is 1.12 bits per heavy atom. The molecule has 4 rings (SSSR count). The van der Waals surface area contributed by atoms with Gasteiger partial charge >= 0.3 is 0 Å². The summed E-state index contributed by atoms with van der Waals surface area (Å²) in [6.45, 7) is 2.76. The highest BCUT2D eigenvalue weighted by molar-refractivity contribution is 9.10. The number of halogens is 3. The Balaban J connectivity index is 1.65. The normalized spacial score (nSPS) is 12.3. The van der Waals surface area contributed by atoms with Gasteiger partial charge in [-0.05, 0) is 66.8 Å². The van der Waals surface area contributed by atoms with Crippen LogP contribution in [0.1, 0.15) is 36.7 Å². The van der Waals surface area contributed by atoms with Crippen LogP contribution >= 0.6 is 15.9 Å². The molecule has 2 aromatic carbocycles. The second kappa shape index (κ2) is 10.5. The minimum atomic E-state index is -0.655. The fourth-order valence-corrected chi connectivity index (χ4v) is 4.66. The van der Waals surface area contributed by atoms with E-state index in [0.717, 1.165) is 40.9 Å². The lowest BCUT2D eigenvalue weighted by Gasteiger charge is -2.15. The van der Waals surface area contributed by atoms with Crippen LogP contribution in [0.3, 0.4) is 0 Å². The molecular weight excluding hydrogens is 502 g/mol. The summed E-state index contributed by atoms with van der Waals surface area (Å²) in [4.78, 5) is 24.9. The standard InChI is InChI=1S/C26H25BrF2N4O/c1-2-15(5-6-30)7-18-9-19(27)12-22-25(18)32-24(33-26(22)34)8-16-3-4-23(31-14-16)17-10-20(28)13-21(29)11-17/h3-4,9-15H,2,5-8,30H2,1H3,(H,32,33,34). The van der Waals surface area contributed by atoms with Crippen molar-refractivity contribution in [2.45, 2.75) is 32.6 Å². The highest BCUT2D eigenvalue weighted by atomic mass is 79.9. The Hall–Kier alpha value is -2.97. The van der Waals surface area contributed by atoms with Gasteiger partial charge in [-0.2, -0.15) is 0 Å². The lowest BCUT2D eigenvalue weighted by atomic mass is 9.92. The first-order chi connectivity index (χ1) is 16.4. The highest BCUT2D eigenvalue weighted by Crippen LogP contribution is 2.26. The van der Waals surface area contributed by atoms with Crippen LogP contribution in [-0.4, -0.2) is 21.5 Å². The molecule has 1 atom stereocenters. The Morgan fingerprint density at radius 3 is 2.53 bits per heavy atom. The van der Waals surface area contributed by atoms with Gasteiger partial charge in [0.1, 0.15) is 17.5 Å². The second-order valence-corrected chi connectivity index (χ2v) is 9.33. The number of aromatic amines is 1. The van der Waals surface area contributed by atoms with E-state index in [1.54, 1.807) is 18.3 Å². The minimum absolute atomic E-state index is 0.200. The number of pyridine rings is 1. The van der Waals surface area contributed by atoms with Gasteiger partial charge in [-0.15, -0.1) is 0 Å². The van der Waals surface area contributed by atoms with E-state index in [4.69, 9.17) is 10.7 Å². The average Bonchev–Trinajstić information content (AvgIpc) is 2.79. The van der Waals surface area contributed by atoms with Crippen LogP contribution in [0.5, 0.6) is 0 Å². The predicted octanol–water partition coefficient (Wildman–Crippen LogP) is 5.53. The van der Waals surface area contributed by atoms with Crippen LogP contribution in [0.4, 0.5) is 8.78 Å². The van der Waals surface area contributed by atoms with E-state index in [-0.39, 0.29) is 5.56 Å². The molecule has 0 saturated carbocycles. The Bertz CT molecular complexity index is 1350. The summed E-state index contributed by atoms with van der Waals surface area (Å²) >= 11 is 3.51. The van der Waals surface area contributed by atoms with E-state index in [2.05, 4.69) is 32.8 Å². The largest absolute Gasteiger partial charge is 0.330 e. The van der Waals surface area contributed by atoms with Gasteiger partial charge < -0.3 is 10.7 Å². The molecule has 1 unspecified atom stereocenters. The summed E-state index contributed by atoms with van der Waals surface area (Å²) in [6.07, 6.45) is 4.69. The molecule has 0 fully saturated rings. The van der Waals surface area contributed by atoms with E-state index < -0.39 is 11.6 Å². The monoisotopic (exact) mass is 526 g/mol. The summed E-state index contributed by atoms with van der Waals surface area (Å²) < 4.78 is 27.9. The number of H-pyrrole nitrogens is 1. The van der Waals surface area contributed by atoms with E-state index in [0.29, 0.717) is 46.9 Å². The molecule has 0 aliphatic carbocycles. The maximum atomic E-state index is 13.5. The van der Waals surface area contributed by atoms with Crippen molar-refractivity contribution in [3.63, 3.8) is 0 Å². The summed E-state index contributed by atoms with van der Waals surface area (Å²) in [5, 5.41) is 0.539.